The number of amides is 1. The molecule has 4 rings (SSSR count). The minimum Gasteiger partial charge on any atom is -0.355 e. The van der Waals surface area contributed by atoms with Crippen LogP contribution in [0, 0.1) is 17.2 Å². The molecule has 2 aromatic rings. The van der Waals surface area contributed by atoms with Gasteiger partial charge >= 0.3 is 0 Å². The van der Waals surface area contributed by atoms with Crippen LogP contribution in [0.25, 0.3) is 0 Å². The van der Waals surface area contributed by atoms with E-state index in [0.29, 0.717) is 48.6 Å². The van der Waals surface area contributed by atoms with Gasteiger partial charge in [-0.05, 0) is 43.2 Å². The number of fused-ring (bicyclic) bond motifs is 1. The van der Waals surface area contributed by atoms with Gasteiger partial charge in [0.25, 0.3) is 10.0 Å². The first-order valence-electron chi connectivity index (χ1n) is 8.98. The zero-order valence-corrected chi connectivity index (χ0v) is 15.8. The average molecular weight is 394 g/mol. The Morgan fingerprint density at radius 2 is 1.89 bits per heavy atom. The van der Waals surface area contributed by atoms with E-state index >= 15 is 0 Å². The lowest BCUT2D eigenvalue weighted by molar-refractivity contribution is -0.120. The van der Waals surface area contributed by atoms with E-state index in [-0.39, 0.29) is 16.7 Å². The molecule has 2 heterocycles. The lowest BCUT2D eigenvalue weighted by Crippen LogP contribution is -2.41. The molecule has 142 valence electrons. The Balaban J connectivity index is 1.43. The molecule has 0 atom stereocenters. The Morgan fingerprint density at radius 3 is 2.64 bits per heavy atom. The molecule has 0 aliphatic carbocycles. The first kappa shape index (κ1) is 18.2. The van der Waals surface area contributed by atoms with Gasteiger partial charge in [0.05, 0.1) is 11.6 Å². The second-order valence-corrected chi connectivity index (χ2v) is 8.40. The smallest absolute Gasteiger partial charge is 0.285 e. The second-order valence-electron chi connectivity index (χ2n) is 6.83. The summed E-state index contributed by atoms with van der Waals surface area (Å²) < 4.78 is 28.4. The molecule has 0 unspecified atom stereocenters. The summed E-state index contributed by atoms with van der Waals surface area (Å²) in [6.07, 6.45) is 1.20. The molecule has 1 N–H and O–H groups in total. The lowest BCUT2D eigenvalue weighted by Gasteiger charge is -2.32. The summed E-state index contributed by atoms with van der Waals surface area (Å²) in [5.41, 5.74) is 1.72. The average Bonchev–Trinajstić information content (AvgIpc) is 2.99. The highest BCUT2D eigenvalue weighted by Gasteiger charge is 2.34. The van der Waals surface area contributed by atoms with Crippen molar-refractivity contribution in [1.29, 1.82) is 5.26 Å². The van der Waals surface area contributed by atoms with Crippen molar-refractivity contribution in [1.82, 2.24) is 4.90 Å². The number of likely N-dealkylation sites (tertiary alicyclic amines) is 1. The molecule has 0 bridgehead atoms. The van der Waals surface area contributed by atoms with Crippen molar-refractivity contribution >= 4 is 27.5 Å². The molecule has 2 aromatic carbocycles. The van der Waals surface area contributed by atoms with E-state index in [1.165, 1.54) is 0 Å². The monoisotopic (exact) mass is 394 g/mol. The van der Waals surface area contributed by atoms with E-state index in [1.54, 1.807) is 48.5 Å². The third kappa shape index (κ3) is 3.37. The highest BCUT2D eigenvalue weighted by Crippen LogP contribution is 2.30. The van der Waals surface area contributed by atoms with Crippen molar-refractivity contribution in [3.63, 3.8) is 0 Å². The molecule has 8 heteroatoms. The number of nitriles is 1. The van der Waals surface area contributed by atoms with Crippen LogP contribution in [0.3, 0.4) is 0 Å². The Kier molecular flexibility index (Phi) is 4.61. The predicted molar refractivity (Wildman–Crippen MR) is 104 cm³/mol. The maximum atomic E-state index is 12.6. The van der Waals surface area contributed by atoms with Gasteiger partial charge in [-0.25, -0.2) is 0 Å². The topological polar surface area (TPSA) is 103 Å². The summed E-state index contributed by atoms with van der Waals surface area (Å²) in [5.74, 6) is 0.211. The highest BCUT2D eigenvalue weighted by atomic mass is 32.2. The maximum absolute atomic E-state index is 12.6. The fourth-order valence-corrected chi connectivity index (χ4v) is 4.81. The SMILES string of the molecule is N#Cc1cccc(NC(=O)C2CCN(C3=NS(=O)(=O)c4ccccc43)CC2)c1. The van der Waals surface area contributed by atoms with Crippen LogP contribution in [-0.2, 0) is 14.8 Å². The number of carbonyl (C=O) groups excluding carboxylic acids is 1. The van der Waals surface area contributed by atoms with E-state index in [4.69, 9.17) is 5.26 Å². The summed E-state index contributed by atoms with van der Waals surface area (Å²) in [5, 5.41) is 11.8. The molecule has 2 aliphatic heterocycles. The molecule has 2 aliphatic rings. The molecule has 28 heavy (non-hydrogen) atoms. The van der Waals surface area contributed by atoms with Crippen molar-refractivity contribution in [2.75, 3.05) is 18.4 Å². The second kappa shape index (κ2) is 7.09. The zero-order chi connectivity index (χ0) is 19.7. The van der Waals surface area contributed by atoms with Gasteiger partial charge in [-0.15, -0.1) is 4.40 Å². The standard InChI is InChI=1S/C20H18N4O3S/c21-13-14-4-3-5-16(12-14)22-20(25)15-8-10-24(11-9-15)19-17-6-1-2-7-18(17)28(26,27)23-19/h1-7,12,15H,8-11H2,(H,22,25). The highest BCUT2D eigenvalue weighted by molar-refractivity contribution is 7.90. The first-order chi connectivity index (χ1) is 13.5. The Bertz CT molecular complexity index is 1110. The van der Waals surface area contributed by atoms with Crippen molar-refractivity contribution < 1.29 is 13.2 Å². The van der Waals surface area contributed by atoms with E-state index in [9.17, 15) is 13.2 Å². The fraction of sp³-hybridized carbons (Fsp3) is 0.250. The van der Waals surface area contributed by atoms with Crippen LogP contribution in [-0.4, -0.2) is 38.2 Å². The number of nitrogens with zero attached hydrogens (tertiary/aromatic N) is 3. The summed E-state index contributed by atoms with van der Waals surface area (Å²) in [7, 11) is -3.64. The summed E-state index contributed by atoms with van der Waals surface area (Å²) in [4.78, 5) is 14.7. The quantitative estimate of drug-likeness (QED) is 0.842. The molecule has 0 aromatic heterocycles. The van der Waals surface area contributed by atoms with Gasteiger partial charge in [0.2, 0.25) is 5.91 Å². The van der Waals surface area contributed by atoms with E-state index in [1.807, 2.05) is 4.90 Å². The van der Waals surface area contributed by atoms with Crippen LogP contribution >= 0.6 is 0 Å². The van der Waals surface area contributed by atoms with Crippen LogP contribution in [0.5, 0.6) is 0 Å². The molecule has 1 amide bonds. The number of nitrogens with one attached hydrogen (secondary N) is 1. The summed E-state index contributed by atoms with van der Waals surface area (Å²) >= 11 is 0. The number of amidine groups is 1. The third-order valence-electron chi connectivity index (χ3n) is 5.04. The molecule has 7 nitrogen and oxygen atoms in total. The molecule has 1 fully saturated rings. The van der Waals surface area contributed by atoms with Gasteiger partial charge in [-0.2, -0.15) is 13.7 Å². The minimum absolute atomic E-state index is 0.0869. The number of carbonyl (C=O) groups is 1. The van der Waals surface area contributed by atoms with Gasteiger partial charge in [-0.3, -0.25) is 4.79 Å². The normalized spacial score (nSPS) is 18.1. The minimum atomic E-state index is -3.64. The van der Waals surface area contributed by atoms with Gasteiger partial charge in [-0.1, -0.05) is 18.2 Å². The molecular weight excluding hydrogens is 376 g/mol. The Labute approximate surface area is 163 Å². The van der Waals surface area contributed by atoms with Gasteiger partial charge in [0, 0.05) is 30.3 Å². The van der Waals surface area contributed by atoms with Crippen molar-refractivity contribution in [2.45, 2.75) is 17.7 Å². The van der Waals surface area contributed by atoms with Crippen molar-refractivity contribution in [3.8, 4) is 6.07 Å². The van der Waals surface area contributed by atoms with E-state index in [2.05, 4.69) is 15.8 Å². The molecule has 0 spiro atoms. The van der Waals surface area contributed by atoms with Crippen LogP contribution in [0.2, 0.25) is 0 Å². The molecule has 0 saturated carbocycles. The summed E-state index contributed by atoms with van der Waals surface area (Å²) in [6, 6.07) is 15.7. The van der Waals surface area contributed by atoms with Crippen LogP contribution in [0.15, 0.2) is 57.8 Å². The number of rotatable bonds is 2. The maximum Gasteiger partial charge on any atom is 0.285 e. The van der Waals surface area contributed by atoms with Crippen LogP contribution < -0.4 is 5.32 Å². The Hall–Kier alpha value is -3.18. The van der Waals surface area contributed by atoms with Crippen molar-refractivity contribution in [3.05, 3.63) is 59.7 Å². The Morgan fingerprint density at radius 1 is 1.14 bits per heavy atom. The summed E-state index contributed by atoms with van der Waals surface area (Å²) in [6.45, 7) is 1.11. The molecule has 0 radical (unpaired) electrons. The largest absolute Gasteiger partial charge is 0.355 e. The van der Waals surface area contributed by atoms with Crippen molar-refractivity contribution in [2.24, 2.45) is 10.3 Å². The van der Waals surface area contributed by atoms with Crippen LogP contribution in [0.4, 0.5) is 5.69 Å². The number of anilines is 1. The number of sulfonamides is 1. The molecular formula is C20H18N4O3S. The van der Waals surface area contributed by atoms with E-state index < -0.39 is 10.0 Å². The first-order valence-corrected chi connectivity index (χ1v) is 10.4. The predicted octanol–water partition coefficient (Wildman–Crippen LogP) is 2.36. The van der Waals surface area contributed by atoms with Gasteiger partial charge < -0.3 is 10.2 Å². The number of hydrogen-bond acceptors (Lipinski definition) is 5. The number of hydrogen-bond donors (Lipinski definition) is 1. The molecule has 1 saturated heterocycles. The number of benzene rings is 2. The fourth-order valence-electron chi connectivity index (χ4n) is 3.58. The van der Waals surface area contributed by atoms with E-state index in [0.717, 1.165) is 0 Å². The zero-order valence-electron chi connectivity index (χ0n) is 15.0. The van der Waals surface area contributed by atoms with Gasteiger partial charge in [0.15, 0.2) is 5.84 Å². The lowest BCUT2D eigenvalue weighted by atomic mass is 9.95. The number of piperidine rings is 1. The van der Waals surface area contributed by atoms with Gasteiger partial charge in [0.1, 0.15) is 4.90 Å². The van der Waals surface area contributed by atoms with Crippen LogP contribution in [0.1, 0.15) is 24.0 Å². The third-order valence-corrected chi connectivity index (χ3v) is 6.36.